The van der Waals surface area contributed by atoms with E-state index in [-0.39, 0.29) is 5.91 Å². The average molecular weight is 332 g/mol. The first-order valence-corrected chi connectivity index (χ1v) is 9.06. The molecule has 0 aliphatic carbocycles. The molecule has 24 heavy (non-hydrogen) atoms. The quantitative estimate of drug-likeness (QED) is 0.863. The predicted octanol–water partition coefficient (Wildman–Crippen LogP) is 1.82. The molecule has 1 N–H and O–H groups in total. The number of ether oxygens (including phenoxy) is 1. The molecule has 2 fully saturated rings. The molecule has 5 nitrogen and oxygen atoms in total. The SMILES string of the molecule is O=C(CCN1CCC[C@H]1C[C@@H](O)c1ccccc1)N1CCOCC1. The molecule has 0 aromatic heterocycles. The van der Waals surface area contributed by atoms with Crippen molar-refractivity contribution in [1.82, 2.24) is 9.80 Å². The van der Waals surface area contributed by atoms with Crippen LogP contribution in [0.4, 0.5) is 0 Å². The summed E-state index contributed by atoms with van der Waals surface area (Å²) in [7, 11) is 0. The molecule has 0 saturated carbocycles. The van der Waals surface area contributed by atoms with Gasteiger partial charge in [0, 0.05) is 32.1 Å². The van der Waals surface area contributed by atoms with Crippen LogP contribution in [-0.4, -0.2) is 66.2 Å². The highest BCUT2D eigenvalue weighted by molar-refractivity contribution is 5.76. The lowest BCUT2D eigenvalue weighted by Gasteiger charge is -2.29. The van der Waals surface area contributed by atoms with Crippen molar-refractivity contribution >= 4 is 5.91 Å². The van der Waals surface area contributed by atoms with Crippen molar-refractivity contribution in [3.05, 3.63) is 35.9 Å². The van der Waals surface area contributed by atoms with Crippen molar-refractivity contribution in [3.63, 3.8) is 0 Å². The Bertz CT molecular complexity index is 517. The Kier molecular flexibility index (Phi) is 6.24. The van der Waals surface area contributed by atoms with Crippen LogP contribution in [-0.2, 0) is 9.53 Å². The van der Waals surface area contributed by atoms with Crippen molar-refractivity contribution in [2.24, 2.45) is 0 Å². The van der Waals surface area contributed by atoms with Crippen molar-refractivity contribution < 1.29 is 14.6 Å². The summed E-state index contributed by atoms with van der Waals surface area (Å²) in [5, 5.41) is 10.5. The lowest BCUT2D eigenvalue weighted by atomic mass is 10.0. The van der Waals surface area contributed by atoms with E-state index in [4.69, 9.17) is 4.74 Å². The summed E-state index contributed by atoms with van der Waals surface area (Å²) in [4.78, 5) is 16.6. The monoisotopic (exact) mass is 332 g/mol. The predicted molar refractivity (Wildman–Crippen MR) is 92.6 cm³/mol. The molecular formula is C19H28N2O3. The van der Waals surface area contributed by atoms with Crippen molar-refractivity contribution in [2.75, 3.05) is 39.4 Å². The van der Waals surface area contributed by atoms with Gasteiger partial charge in [0.2, 0.25) is 5.91 Å². The highest BCUT2D eigenvalue weighted by Crippen LogP contribution is 2.27. The van der Waals surface area contributed by atoms with Gasteiger partial charge in [0.1, 0.15) is 0 Å². The second-order valence-corrected chi connectivity index (χ2v) is 6.74. The summed E-state index contributed by atoms with van der Waals surface area (Å²) in [6.45, 7) is 4.57. The van der Waals surface area contributed by atoms with Gasteiger partial charge in [-0.25, -0.2) is 0 Å². The van der Waals surface area contributed by atoms with Crippen LogP contribution in [0.5, 0.6) is 0 Å². The van der Waals surface area contributed by atoms with Crippen molar-refractivity contribution in [2.45, 2.75) is 37.8 Å². The second kappa shape index (κ2) is 8.60. The van der Waals surface area contributed by atoms with Gasteiger partial charge in [-0.2, -0.15) is 0 Å². The van der Waals surface area contributed by atoms with Crippen LogP contribution in [0.3, 0.4) is 0 Å². The van der Waals surface area contributed by atoms with Gasteiger partial charge >= 0.3 is 0 Å². The zero-order chi connectivity index (χ0) is 16.8. The standard InChI is InChI=1S/C19H28N2O3/c22-18(16-5-2-1-3-6-16)15-17-7-4-9-20(17)10-8-19(23)21-11-13-24-14-12-21/h1-3,5-6,17-18,22H,4,7-15H2/t17-,18+/m0/s1. The van der Waals surface area contributed by atoms with Crippen LogP contribution < -0.4 is 0 Å². The maximum absolute atomic E-state index is 12.3. The Balaban J connectivity index is 1.47. The fourth-order valence-corrected chi connectivity index (χ4v) is 3.74. The van der Waals surface area contributed by atoms with E-state index in [1.54, 1.807) is 0 Å². The van der Waals surface area contributed by atoms with E-state index in [0.717, 1.165) is 51.0 Å². The van der Waals surface area contributed by atoms with Crippen LogP contribution >= 0.6 is 0 Å². The topological polar surface area (TPSA) is 53.0 Å². The number of aliphatic hydroxyl groups excluding tert-OH is 1. The van der Waals surface area contributed by atoms with E-state index in [9.17, 15) is 9.90 Å². The molecule has 132 valence electrons. The molecule has 1 aromatic carbocycles. The van der Waals surface area contributed by atoms with E-state index in [0.29, 0.717) is 25.7 Å². The maximum Gasteiger partial charge on any atom is 0.224 e. The van der Waals surface area contributed by atoms with Gasteiger partial charge in [-0.1, -0.05) is 30.3 Å². The lowest BCUT2D eigenvalue weighted by molar-refractivity contribution is -0.135. The normalized spacial score (nSPS) is 23.4. The molecule has 2 saturated heterocycles. The average Bonchev–Trinajstić information content (AvgIpc) is 3.08. The number of hydrogen-bond donors (Lipinski definition) is 1. The first kappa shape index (κ1) is 17.4. The van der Waals surface area contributed by atoms with Gasteiger partial charge in [0.05, 0.1) is 19.3 Å². The fraction of sp³-hybridized carbons (Fsp3) is 0.632. The lowest BCUT2D eigenvalue weighted by Crippen LogP contribution is -2.42. The third kappa shape index (κ3) is 4.56. The molecule has 1 amide bonds. The van der Waals surface area contributed by atoms with E-state index >= 15 is 0 Å². The molecule has 0 unspecified atom stereocenters. The highest BCUT2D eigenvalue weighted by atomic mass is 16.5. The molecule has 0 radical (unpaired) electrons. The van der Waals surface area contributed by atoms with Crippen LogP contribution in [0.1, 0.15) is 37.4 Å². The number of benzene rings is 1. The van der Waals surface area contributed by atoms with Gasteiger partial charge in [0.15, 0.2) is 0 Å². The van der Waals surface area contributed by atoms with Crippen LogP contribution in [0.2, 0.25) is 0 Å². The van der Waals surface area contributed by atoms with Crippen LogP contribution in [0.25, 0.3) is 0 Å². The van der Waals surface area contributed by atoms with Gasteiger partial charge in [-0.15, -0.1) is 0 Å². The molecule has 3 rings (SSSR count). The fourth-order valence-electron chi connectivity index (χ4n) is 3.74. The van der Waals surface area contributed by atoms with Crippen LogP contribution in [0.15, 0.2) is 30.3 Å². The van der Waals surface area contributed by atoms with Gasteiger partial charge < -0.3 is 14.7 Å². The molecule has 2 atom stereocenters. The molecule has 0 bridgehead atoms. The maximum atomic E-state index is 12.3. The summed E-state index contributed by atoms with van der Waals surface area (Å²) >= 11 is 0. The Morgan fingerprint density at radius 2 is 1.96 bits per heavy atom. The first-order valence-electron chi connectivity index (χ1n) is 9.06. The van der Waals surface area contributed by atoms with Gasteiger partial charge in [0.25, 0.3) is 0 Å². The van der Waals surface area contributed by atoms with Crippen molar-refractivity contribution in [3.8, 4) is 0 Å². The van der Waals surface area contributed by atoms with E-state index in [2.05, 4.69) is 4.90 Å². The van der Waals surface area contributed by atoms with Gasteiger partial charge in [-0.3, -0.25) is 9.69 Å². The first-order chi connectivity index (χ1) is 11.7. The summed E-state index contributed by atoms with van der Waals surface area (Å²) in [6, 6.07) is 10.2. The number of nitrogens with zero attached hydrogens (tertiary/aromatic N) is 2. The Hall–Kier alpha value is -1.43. The molecule has 2 aliphatic rings. The zero-order valence-electron chi connectivity index (χ0n) is 14.3. The molecule has 0 spiro atoms. The van der Waals surface area contributed by atoms with Gasteiger partial charge in [-0.05, 0) is 31.4 Å². The Labute approximate surface area is 144 Å². The molecule has 2 heterocycles. The summed E-state index contributed by atoms with van der Waals surface area (Å²) in [5.74, 6) is 0.229. The third-order valence-electron chi connectivity index (χ3n) is 5.16. The van der Waals surface area contributed by atoms with E-state index < -0.39 is 6.10 Å². The molecule has 5 heteroatoms. The molecule has 2 aliphatic heterocycles. The number of amides is 1. The smallest absolute Gasteiger partial charge is 0.224 e. The second-order valence-electron chi connectivity index (χ2n) is 6.74. The number of morpholine rings is 1. The summed E-state index contributed by atoms with van der Waals surface area (Å²) in [6.07, 6.45) is 3.15. The number of rotatable bonds is 6. The third-order valence-corrected chi connectivity index (χ3v) is 5.16. The minimum atomic E-state index is -0.424. The number of carbonyl (C=O) groups excluding carboxylic acids is 1. The Morgan fingerprint density at radius 3 is 2.71 bits per heavy atom. The van der Waals surface area contributed by atoms with Crippen molar-refractivity contribution in [1.29, 1.82) is 0 Å². The number of aliphatic hydroxyl groups is 1. The zero-order valence-corrected chi connectivity index (χ0v) is 14.3. The molecular weight excluding hydrogens is 304 g/mol. The number of likely N-dealkylation sites (tertiary alicyclic amines) is 1. The molecule has 1 aromatic rings. The Morgan fingerprint density at radius 1 is 1.21 bits per heavy atom. The minimum Gasteiger partial charge on any atom is -0.388 e. The number of carbonyl (C=O) groups is 1. The highest BCUT2D eigenvalue weighted by Gasteiger charge is 2.28. The van der Waals surface area contributed by atoms with E-state index in [1.807, 2.05) is 35.2 Å². The van der Waals surface area contributed by atoms with Crippen LogP contribution in [0, 0.1) is 0 Å². The summed E-state index contributed by atoms with van der Waals surface area (Å²) < 4.78 is 5.30. The van der Waals surface area contributed by atoms with E-state index in [1.165, 1.54) is 0 Å². The minimum absolute atomic E-state index is 0.229. The number of hydrogen-bond acceptors (Lipinski definition) is 4. The summed E-state index contributed by atoms with van der Waals surface area (Å²) in [5.41, 5.74) is 0.980. The largest absolute Gasteiger partial charge is 0.388 e.